The highest BCUT2D eigenvalue weighted by molar-refractivity contribution is 5.33. The fourth-order valence-electron chi connectivity index (χ4n) is 2.21. The Kier molecular flexibility index (Phi) is 4.97. The molecule has 2 N–H and O–H groups in total. The summed E-state index contributed by atoms with van der Waals surface area (Å²) in [5.41, 5.74) is 3.87. The number of nitrogens with one attached hydrogen (secondary N) is 1. The molecule has 0 spiro atoms. The van der Waals surface area contributed by atoms with Gasteiger partial charge < -0.3 is 10.4 Å². The van der Waals surface area contributed by atoms with Gasteiger partial charge in [0.25, 0.3) is 0 Å². The minimum absolute atomic E-state index is 0.232. The van der Waals surface area contributed by atoms with E-state index in [0.29, 0.717) is 0 Å². The van der Waals surface area contributed by atoms with Gasteiger partial charge in [-0.1, -0.05) is 30.7 Å². The molecule has 0 bridgehead atoms. The first kappa shape index (κ1) is 13.2. The summed E-state index contributed by atoms with van der Waals surface area (Å²) < 4.78 is 0. The Labute approximate surface area is 98.7 Å². The van der Waals surface area contributed by atoms with Gasteiger partial charge in [0, 0.05) is 18.6 Å². The van der Waals surface area contributed by atoms with Crippen molar-refractivity contribution in [3.8, 4) is 0 Å². The van der Waals surface area contributed by atoms with Gasteiger partial charge in [0.2, 0.25) is 0 Å². The molecule has 0 aliphatic rings. The third kappa shape index (κ3) is 2.83. The van der Waals surface area contributed by atoms with E-state index in [0.717, 1.165) is 6.42 Å². The molecule has 2 unspecified atom stereocenters. The molecule has 0 fully saturated rings. The fourth-order valence-corrected chi connectivity index (χ4v) is 2.21. The standard InChI is InChI=1S/C14H23NO/c1-5-12(9-16)14(15-4)13-8-10(2)6-7-11(13)3/h6-8,12,14-16H,5,9H2,1-4H3. The predicted octanol–water partition coefficient (Wildman–Crippen LogP) is 2.58. The van der Waals surface area contributed by atoms with Crippen LogP contribution in [0.2, 0.25) is 0 Å². The lowest BCUT2D eigenvalue weighted by Crippen LogP contribution is -2.28. The summed E-state index contributed by atoms with van der Waals surface area (Å²) in [6.07, 6.45) is 0.982. The molecule has 0 aliphatic heterocycles. The Morgan fingerprint density at radius 1 is 1.31 bits per heavy atom. The molecule has 90 valence electrons. The first-order valence-electron chi connectivity index (χ1n) is 5.99. The summed E-state index contributed by atoms with van der Waals surface area (Å²) in [6.45, 7) is 6.59. The summed E-state index contributed by atoms with van der Waals surface area (Å²) in [7, 11) is 1.96. The smallest absolute Gasteiger partial charge is 0.0477 e. The van der Waals surface area contributed by atoms with Gasteiger partial charge in [-0.15, -0.1) is 0 Å². The monoisotopic (exact) mass is 221 g/mol. The average molecular weight is 221 g/mol. The molecule has 1 rings (SSSR count). The van der Waals surface area contributed by atoms with Crippen molar-refractivity contribution in [2.45, 2.75) is 33.2 Å². The van der Waals surface area contributed by atoms with Gasteiger partial charge in [-0.25, -0.2) is 0 Å². The lowest BCUT2D eigenvalue weighted by molar-refractivity contribution is 0.189. The van der Waals surface area contributed by atoms with Crippen LogP contribution in [0.15, 0.2) is 18.2 Å². The van der Waals surface area contributed by atoms with Gasteiger partial charge in [-0.05, 0) is 38.4 Å². The van der Waals surface area contributed by atoms with Gasteiger partial charge >= 0.3 is 0 Å². The van der Waals surface area contributed by atoms with E-state index in [1.54, 1.807) is 0 Å². The summed E-state index contributed by atoms with van der Waals surface area (Å²) in [6, 6.07) is 6.74. The molecule has 1 aromatic rings. The second-order valence-corrected chi connectivity index (χ2v) is 4.48. The highest BCUT2D eigenvalue weighted by Crippen LogP contribution is 2.27. The first-order chi connectivity index (χ1) is 7.63. The minimum atomic E-state index is 0.232. The second-order valence-electron chi connectivity index (χ2n) is 4.48. The third-order valence-corrected chi connectivity index (χ3v) is 3.31. The van der Waals surface area contributed by atoms with Crippen LogP contribution in [0.1, 0.15) is 36.1 Å². The maximum atomic E-state index is 9.41. The van der Waals surface area contributed by atoms with Crippen molar-refractivity contribution in [2.75, 3.05) is 13.7 Å². The molecule has 0 aliphatic carbocycles. The van der Waals surface area contributed by atoms with E-state index in [2.05, 4.69) is 44.3 Å². The van der Waals surface area contributed by atoms with Gasteiger partial charge in [-0.3, -0.25) is 0 Å². The SMILES string of the molecule is CCC(CO)C(NC)c1cc(C)ccc1C. The summed E-state index contributed by atoms with van der Waals surface area (Å²) in [4.78, 5) is 0. The fraction of sp³-hybridized carbons (Fsp3) is 0.571. The van der Waals surface area contributed by atoms with Crippen molar-refractivity contribution in [3.63, 3.8) is 0 Å². The van der Waals surface area contributed by atoms with E-state index in [1.807, 2.05) is 7.05 Å². The van der Waals surface area contributed by atoms with E-state index in [4.69, 9.17) is 0 Å². The molecular formula is C14H23NO. The Hall–Kier alpha value is -0.860. The molecule has 1 aromatic carbocycles. The van der Waals surface area contributed by atoms with E-state index >= 15 is 0 Å². The van der Waals surface area contributed by atoms with Crippen LogP contribution < -0.4 is 5.32 Å². The van der Waals surface area contributed by atoms with E-state index in [1.165, 1.54) is 16.7 Å². The third-order valence-electron chi connectivity index (χ3n) is 3.31. The Balaban J connectivity index is 3.06. The number of aryl methyl sites for hydroxylation is 2. The van der Waals surface area contributed by atoms with Crippen LogP contribution in [0.5, 0.6) is 0 Å². The molecule has 2 nitrogen and oxygen atoms in total. The zero-order chi connectivity index (χ0) is 12.1. The lowest BCUT2D eigenvalue weighted by Gasteiger charge is -2.26. The number of benzene rings is 1. The number of aliphatic hydroxyl groups excluding tert-OH is 1. The molecule has 0 radical (unpaired) electrons. The number of rotatable bonds is 5. The Morgan fingerprint density at radius 2 is 2.00 bits per heavy atom. The van der Waals surface area contributed by atoms with E-state index in [9.17, 15) is 5.11 Å². The minimum Gasteiger partial charge on any atom is -0.396 e. The maximum Gasteiger partial charge on any atom is 0.0477 e. The van der Waals surface area contributed by atoms with Crippen molar-refractivity contribution in [2.24, 2.45) is 5.92 Å². The molecule has 2 heteroatoms. The predicted molar refractivity (Wildman–Crippen MR) is 68.6 cm³/mol. The van der Waals surface area contributed by atoms with Crippen LogP contribution in [0.3, 0.4) is 0 Å². The maximum absolute atomic E-state index is 9.41. The molecule has 0 saturated heterocycles. The summed E-state index contributed by atoms with van der Waals surface area (Å²) in [5.74, 6) is 0.283. The zero-order valence-electron chi connectivity index (χ0n) is 10.7. The molecule has 0 amide bonds. The van der Waals surface area contributed by atoms with Crippen molar-refractivity contribution in [1.29, 1.82) is 0 Å². The first-order valence-corrected chi connectivity index (χ1v) is 5.99. The van der Waals surface area contributed by atoms with Gasteiger partial charge in [0.1, 0.15) is 0 Å². The summed E-state index contributed by atoms with van der Waals surface area (Å²) in [5, 5.41) is 12.7. The summed E-state index contributed by atoms with van der Waals surface area (Å²) >= 11 is 0. The molecule has 0 aromatic heterocycles. The molecule has 16 heavy (non-hydrogen) atoms. The quantitative estimate of drug-likeness (QED) is 0.801. The second kappa shape index (κ2) is 6.02. The van der Waals surface area contributed by atoms with Gasteiger partial charge in [0.15, 0.2) is 0 Å². The topological polar surface area (TPSA) is 32.3 Å². The van der Waals surface area contributed by atoms with Crippen LogP contribution in [0, 0.1) is 19.8 Å². The van der Waals surface area contributed by atoms with E-state index in [-0.39, 0.29) is 18.6 Å². The van der Waals surface area contributed by atoms with Crippen molar-refractivity contribution in [1.82, 2.24) is 5.32 Å². The Morgan fingerprint density at radius 3 is 2.50 bits per heavy atom. The van der Waals surface area contributed by atoms with Crippen molar-refractivity contribution >= 4 is 0 Å². The highest BCUT2D eigenvalue weighted by atomic mass is 16.3. The number of hydrogen-bond acceptors (Lipinski definition) is 2. The number of hydrogen-bond donors (Lipinski definition) is 2. The number of aliphatic hydroxyl groups is 1. The van der Waals surface area contributed by atoms with Gasteiger partial charge in [0.05, 0.1) is 0 Å². The van der Waals surface area contributed by atoms with E-state index < -0.39 is 0 Å². The largest absolute Gasteiger partial charge is 0.396 e. The van der Waals surface area contributed by atoms with Crippen molar-refractivity contribution in [3.05, 3.63) is 34.9 Å². The Bertz CT molecular complexity index is 332. The molecular weight excluding hydrogens is 198 g/mol. The highest BCUT2D eigenvalue weighted by Gasteiger charge is 2.20. The zero-order valence-corrected chi connectivity index (χ0v) is 10.7. The molecule has 2 atom stereocenters. The van der Waals surface area contributed by atoms with Crippen molar-refractivity contribution < 1.29 is 5.11 Å². The molecule has 0 heterocycles. The normalized spacial score (nSPS) is 14.8. The van der Waals surface area contributed by atoms with Crippen LogP contribution in [0.4, 0.5) is 0 Å². The lowest BCUT2D eigenvalue weighted by atomic mass is 9.88. The van der Waals surface area contributed by atoms with Crippen LogP contribution >= 0.6 is 0 Å². The molecule has 0 saturated carbocycles. The average Bonchev–Trinajstić information content (AvgIpc) is 2.29. The van der Waals surface area contributed by atoms with Crippen LogP contribution in [-0.4, -0.2) is 18.8 Å². The van der Waals surface area contributed by atoms with Crippen LogP contribution in [-0.2, 0) is 0 Å². The van der Waals surface area contributed by atoms with Crippen LogP contribution in [0.25, 0.3) is 0 Å². The van der Waals surface area contributed by atoms with Gasteiger partial charge in [-0.2, -0.15) is 0 Å².